The van der Waals surface area contributed by atoms with Crippen LogP contribution >= 0.6 is 0 Å². The summed E-state index contributed by atoms with van der Waals surface area (Å²) in [7, 11) is 0. The van der Waals surface area contributed by atoms with Gasteiger partial charge in [-0.2, -0.15) is 0 Å². The van der Waals surface area contributed by atoms with Gasteiger partial charge in [0.1, 0.15) is 11.2 Å². The van der Waals surface area contributed by atoms with Gasteiger partial charge in [-0.3, -0.25) is 0 Å². The average molecular weight is 790 g/mol. The number of hydrogen-bond donors (Lipinski definition) is 0. The van der Waals surface area contributed by atoms with Crippen LogP contribution in [0.25, 0.3) is 98.8 Å². The van der Waals surface area contributed by atoms with Gasteiger partial charge in [0.2, 0.25) is 0 Å². The third-order valence-corrected chi connectivity index (χ3v) is 12.4. The largest absolute Gasteiger partial charge is 0.455 e. The van der Waals surface area contributed by atoms with Crippen LogP contribution in [-0.4, -0.2) is 0 Å². The summed E-state index contributed by atoms with van der Waals surface area (Å²) >= 11 is 0. The van der Waals surface area contributed by atoms with Crippen molar-refractivity contribution in [1.29, 1.82) is 0 Å². The Labute approximate surface area is 360 Å². The molecule has 0 aliphatic rings. The van der Waals surface area contributed by atoms with Crippen molar-refractivity contribution in [3.05, 3.63) is 237 Å². The Hall–Kier alpha value is -8.20. The summed E-state index contributed by atoms with van der Waals surface area (Å²) in [5, 5.41) is 9.56. The fourth-order valence-corrected chi connectivity index (χ4v) is 9.37. The highest BCUT2D eigenvalue weighted by molar-refractivity contribution is 6.19. The maximum Gasteiger partial charge on any atom is 0.143 e. The first-order valence-electron chi connectivity index (χ1n) is 21.2. The molecular weight excluding hydrogens is 751 g/mol. The Morgan fingerprint density at radius 3 is 1.63 bits per heavy atom. The van der Waals surface area contributed by atoms with E-state index in [-0.39, 0.29) is 0 Å². The number of fused-ring (bicyclic) bond motifs is 7. The van der Waals surface area contributed by atoms with E-state index in [1.54, 1.807) is 0 Å². The maximum absolute atomic E-state index is 6.56. The van der Waals surface area contributed by atoms with Crippen molar-refractivity contribution < 1.29 is 4.42 Å². The van der Waals surface area contributed by atoms with Crippen molar-refractivity contribution in [2.75, 3.05) is 4.90 Å². The van der Waals surface area contributed by atoms with E-state index in [1.165, 1.54) is 60.3 Å². The molecule has 0 unspecified atom stereocenters. The molecule has 1 aromatic heterocycles. The smallest absolute Gasteiger partial charge is 0.143 e. The summed E-state index contributed by atoms with van der Waals surface area (Å²) in [4.78, 5) is 2.37. The van der Waals surface area contributed by atoms with Crippen LogP contribution in [0, 0.1) is 0 Å². The van der Waals surface area contributed by atoms with Gasteiger partial charge in [-0.1, -0.05) is 176 Å². The van der Waals surface area contributed by atoms with Crippen LogP contribution < -0.4 is 4.90 Å². The second kappa shape index (κ2) is 14.8. The Morgan fingerprint density at radius 1 is 0.274 bits per heavy atom. The minimum absolute atomic E-state index is 0.896. The zero-order valence-corrected chi connectivity index (χ0v) is 33.9. The lowest BCUT2D eigenvalue weighted by Gasteiger charge is -2.26. The van der Waals surface area contributed by atoms with Crippen LogP contribution in [0.2, 0.25) is 0 Å². The monoisotopic (exact) mass is 789 g/mol. The third kappa shape index (κ3) is 6.20. The normalized spacial score (nSPS) is 11.5. The van der Waals surface area contributed by atoms with Crippen LogP contribution in [0.4, 0.5) is 17.1 Å². The molecule has 12 rings (SSSR count). The standard InChI is InChI=1S/C60H39NO/c1-2-14-45-38-48(26-25-40(45)11-1)47-17-7-16-46(37-47)41-27-32-50(33-28-41)61(52-19-8-18-49(39-52)54-22-9-15-42-12-3-5-20-53(42)54)51-34-29-44(30-35-51)55-23-10-24-58-59(55)57-36-31-43-13-4-6-21-56(43)60(57)62-58/h1-39H. The van der Waals surface area contributed by atoms with Gasteiger partial charge in [-0.25, -0.2) is 0 Å². The molecule has 0 radical (unpaired) electrons. The number of rotatable bonds is 7. The van der Waals surface area contributed by atoms with E-state index >= 15 is 0 Å². The molecule has 0 N–H and O–H groups in total. The topological polar surface area (TPSA) is 16.4 Å². The van der Waals surface area contributed by atoms with E-state index in [0.717, 1.165) is 55.5 Å². The molecule has 290 valence electrons. The first-order chi connectivity index (χ1) is 30.7. The zero-order valence-electron chi connectivity index (χ0n) is 33.9. The fourth-order valence-electron chi connectivity index (χ4n) is 9.37. The summed E-state index contributed by atoms with van der Waals surface area (Å²) in [6.45, 7) is 0. The number of benzene rings is 11. The summed E-state index contributed by atoms with van der Waals surface area (Å²) in [6.07, 6.45) is 0. The van der Waals surface area contributed by atoms with Crippen LogP contribution in [0.15, 0.2) is 241 Å². The average Bonchev–Trinajstić information content (AvgIpc) is 3.74. The third-order valence-electron chi connectivity index (χ3n) is 12.4. The highest BCUT2D eigenvalue weighted by Gasteiger charge is 2.18. The van der Waals surface area contributed by atoms with Gasteiger partial charge in [0.05, 0.1) is 0 Å². The Balaban J connectivity index is 0.949. The van der Waals surface area contributed by atoms with E-state index in [0.29, 0.717) is 0 Å². The van der Waals surface area contributed by atoms with E-state index < -0.39 is 0 Å². The van der Waals surface area contributed by atoms with Gasteiger partial charge in [0.25, 0.3) is 0 Å². The van der Waals surface area contributed by atoms with Crippen molar-refractivity contribution in [2.24, 2.45) is 0 Å². The Bertz CT molecular complexity index is 3630. The highest BCUT2D eigenvalue weighted by Crippen LogP contribution is 2.43. The second-order valence-electron chi connectivity index (χ2n) is 16.1. The van der Waals surface area contributed by atoms with Crippen molar-refractivity contribution in [3.63, 3.8) is 0 Å². The zero-order chi connectivity index (χ0) is 41.0. The molecule has 2 heteroatoms. The molecule has 0 spiro atoms. The molecule has 0 atom stereocenters. The molecular formula is C60H39NO. The number of hydrogen-bond acceptors (Lipinski definition) is 2. The van der Waals surface area contributed by atoms with E-state index in [2.05, 4.69) is 241 Å². The predicted molar refractivity (Wildman–Crippen MR) is 263 cm³/mol. The SMILES string of the molecule is c1cc(-c2ccc(N(c3ccc(-c4cccc5oc6c7ccccc7ccc6c45)cc3)c3cccc(-c4cccc5ccccc45)c3)cc2)cc(-c2ccc3ccccc3c2)c1. The summed E-state index contributed by atoms with van der Waals surface area (Å²) in [6, 6.07) is 85.5. The van der Waals surface area contributed by atoms with Crippen molar-refractivity contribution >= 4 is 71.3 Å². The van der Waals surface area contributed by atoms with Crippen LogP contribution in [0.3, 0.4) is 0 Å². The van der Waals surface area contributed by atoms with Crippen molar-refractivity contribution in [2.45, 2.75) is 0 Å². The molecule has 1 heterocycles. The van der Waals surface area contributed by atoms with Gasteiger partial charge < -0.3 is 9.32 Å². The molecule has 0 amide bonds. The molecule has 12 aromatic rings. The van der Waals surface area contributed by atoms with Crippen LogP contribution in [-0.2, 0) is 0 Å². The van der Waals surface area contributed by atoms with Crippen LogP contribution in [0.1, 0.15) is 0 Å². The molecule has 0 saturated carbocycles. The molecule has 0 aliphatic carbocycles. The van der Waals surface area contributed by atoms with Crippen molar-refractivity contribution in [1.82, 2.24) is 0 Å². The first kappa shape index (κ1) is 35.7. The minimum Gasteiger partial charge on any atom is -0.455 e. The van der Waals surface area contributed by atoms with Gasteiger partial charge in [0, 0.05) is 33.2 Å². The van der Waals surface area contributed by atoms with E-state index in [4.69, 9.17) is 4.42 Å². The molecule has 0 fully saturated rings. The molecule has 0 aliphatic heterocycles. The minimum atomic E-state index is 0.896. The summed E-state index contributed by atoms with van der Waals surface area (Å²) < 4.78 is 6.56. The highest BCUT2D eigenvalue weighted by atomic mass is 16.3. The number of furan rings is 1. The molecule has 0 bridgehead atoms. The van der Waals surface area contributed by atoms with E-state index in [1.807, 2.05) is 0 Å². The lowest BCUT2D eigenvalue weighted by atomic mass is 9.96. The molecule has 2 nitrogen and oxygen atoms in total. The van der Waals surface area contributed by atoms with Gasteiger partial charge in [0.15, 0.2) is 0 Å². The number of anilines is 3. The van der Waals surface area contributed by atoms with Crippen molar-refractivity contribution in [3.8, 4) is 44.5 Å². The lowest BCUT2D eigenvalue weighted by Crippen LogP contribution is -2.10. The van der Waals surface area contributed by atoms with Gasteiger partial charge in [-0.05, 0) is 132 Å². The Kier molecular flexibility index (Phi) is 8.53. The first-order valence-corrected chi connectivity index (χ1v) is 21.2. The lowest BCUT2D eigenvalue weighted by molar-refractivity contribution is 0.673. The molecule has 62 heavy (non-hydrogen) atoms. The Morgan fingerprint density at radius 2 is 0.823 bits per heavy atom. The fraction of sp³-hybridized carbons (Fsp3) is 0. The van der Waals surface area contributed by atoms with Gasteiger partial charge >= 0.3 is 0 Å². The number of nitrogens with zero attached hydrogens (tertiary/aromatic N) is 1. The molecule has 11 aromatic carbocycles. The maximum atomic E-state index is 6.56. The van der Waals surface area contributed by atoms with E-state index in [9.17, 15) is 0 Å². The molecule has 0 saturated heterocycles. The second-order valence-corrected chi connectivity index (χ2v) is 16.1. The predicted octanol–water partition coefficient (Wildman–Crippen LogP) is 17.2. The quantitative estimate of drug-likeness (QED) is 0.160. The summed E-state index contributed by atoms with van der Waals surface area (Å²) in [5.41, 5.74) is 14.5. The van der Waals surface area contributed by atoms with Crippen LogP contribution in [0.5, 0.6) is 0 Å². The van der Waals surface area contributed by atoms with Gasteiger partial charge in [-0.15, -0.1) is 0 Å². The summed E-state index contributed by atoms with van der Waals surface area (Å²) in [5.74, 6) is 0.